The van der Waals surface area contributed by atoms with Gasteiger partial charge in [0.1, 0.15) is 0 Å². The van der Waals surface area contributed by atoms with Gasteiger partial charge in [-0.05, 0) is 95.6 Å². The molecule has 0 aliphatic heterocycles. The molecule has 3 heterocycles. The number of hydrogen-bond donors (Lipinski definition) is 0. The van der Waals surface area contributed by atoms with Gasteiger partial charge in [0.05, 0.1) is 62.1 Å². The number of nitrogens with zero attached hydrogens (tertiary/aromatic N) is 5. The summed E-state index contributed by atoms with van der Waals surface area (Å²) in [6.45, 7) is 0. The van der Waals surface area contributed by atoms with Crippen molar-refractivity contribution in [2.24, 2.45) is 0 Å². The van der Waals surface area contributed by atoms with E-state index >= 15 is 0 Å². The molecule has 0 aliphatic rings. The summed E-state index contributed by atoms with van der Waals surface area (Å²) in [7, 11) is 0. The van der Waals surface area contributed by atoms with Crippen LogP contribution >= 0.6 is 0 Å². The van der Waals surface area contributed by atoms with Gasteiger partial charge in [-0.2, -0.15) is 10.5 Å². The van der Waals surface area contributed by atoms with Gasteiger partial charge in [0.2, 0.25) is 0 Å². The normalized spacial score (nSPS) is 11.6. The molecule has 3 aromatic heterocycles. The summed E-state index contributed by atoms with van der Waals surface area (Å²) in [5, 5.41) is 27.0. The van der Waals surface area contributed by atoms with E-state index in [2.05, 4.69) is 202 Å². The Bertz CT molecular complexity index is 3780. The SMILES string of the molecule is N#Cc1ccc(-c2ccc(-n3c4ccc(-n5c6ccccc6c6ccccc65)cc4c4ccc5c(c6ccccc6n5-c5ccccc5)c43)c(-c3ccccc3)c2)c(C#N)c1. The van der Waals surface area contributed by atoms with Gasteiger partial charge < -0.3 is 13.7 Å². The van der Waals surface area contributed by atoms with Crippen LogP contribution in [0.5, 0.6) is 0 Å². The maximum Gasteiger partial charge on any atom is 0.0998 e. The number of para-hydroxylation sites is 4. The quantitative estimate of drug-likeness (QED) is 0.175. The second kappa shape index (κ2) is 13.5. The van der Waals surface area contributed by atoms with Crippen molar-refractivity contribution in [3.8, 4) is 51.5 Å². The van der Waals surface area contributed by atoms with Crippen LogP contribution in [0, 0.1) is 22.7 Å². The van der Waals surface area contributed by atoms with Crippen molar-refractivity contribution >= 4 is 65.4 Å². The second-order valence-corrected chi connectivity index (χ2v) is 15.5. The Morgan fingerprint density at radius 2 is 0.951 bits per heavy atom. The lowest BCUT2D eigenvalue weighted by Gasteiger charge is -2.17. The predicted molar refractivity (Wildman–Crippen MR) is 250 cm³/mol. The Labute approximate surface area is 351 Å². The minimum Gasteiger partial charge on any atom is -0.309 e. The Morgan fingerprint density at radius 3 is 1.66 bits per heavy atom. The van der Waals surface area contributed by atoms with Crippen molar-refractivity contribution in [1.82, 2.24) is 13.7 Å². The fourth-order valence-corrected chi connectivity index (χ4v) is 9.70. The third-order valence-corrected chi connectivity index (χ3v) is 12.3. The Kier molecular flexibility index (Phi) is 7.59. The van der Waals surface area contributed by atoms with Gasteiger partial charge in [-0.3, -0.25) is 0 Å². The maximum absolute atomic E-state index is 10.2. The van der Waals surface area contributed by atoms with Crippen molar-refractivity contribution in [2.45, 2.75) is 0 Å². The van der Waals surface area contributed by atoms with Crippen LogP contribution in [-0.2, 0) is 0 Å². The third kappa shape index (κ3) is 5.12. The van der Waals surface area contributed by atoms with Gasteiger partial charge in [-0.1, -0.05) is 121 Å². The predicted octanol–water partition coefficient (Wildman–Crippen LogP) is 14.1. The number of rotatable bonds is 5. The summed E-state index contributed by atoms with van der Waals surface area (Å²) in [6, 6.07) is 75.0. The van der Waals surface area contributed by atoms with E-state index in [1.165, 1.54) is 32.6 Å². The lowest BCUT2D eigenvalue weighted by Crippen LogP contribution is -1.99. The van der Waals surface area contributed by atoms with Crippen molar-refractivity contribution in [1.29, 1.82) is 10.5 Å². The van der Waals surface area contributed by atoms with Crippen LogP contribution in [0.2, 0.25) is 0 Å². The van der Waals surface area contributed by atoms with Gasteiger partial charge >= 0.3 is 0 Å². The van der Waals surface area contributed by atoms with Crippen LogP contribution in [0.15, 0.2) is 200 Å². The van der Waals surface area contributed by atoms with Crippen molar-refractivity contribution in [3.05, 3.63) is 211 Å². The molecule has 0 spiro atoms. The molecular weight excluding hydrogens is 743 g/mol. The first-order valence-corrected chi connectivity index (χ1v) is 20.4. The number of aromatic nitrogens is 3. The Hall–Kier alpha value is -8.64. The zero-order valence-corrected chi connectivity index (χ0v) is 32.8. The van der Waals surface area contributed by atoms with Crippen molar-refractivity contribution < 1.29 is 0 Å². The van der Waals surface area contributed by atoms with Crippen molar-refractivity contribution in [3.63, 3.8) is 0 Å². The molecule has 12 rings (SSSR count). The molecule has 0 atom stereocenters. The largest absolute Gasteiger partial charge is 0.309 e. The molecule has 12 aromatic rings. The topological polar surface area (TPSA) is 62.4 Å². The van der Waals surface area contributed by atoms with Crippen LogP contribution in [-0.4, -0.2) is 13.7 Å². The second-order valence-electron chi connectivity index (χ2n) is 15.5. The highest BCUT2D eigenvalue weighted by atomic mass is 15.0. The fourth-order valence-electron chi connectivity index (χ4n) is 9.70. The van der Waals surface area contributed by atoms with E-state index in [4.69, 9.17) is 0 Å². The zero-order chi connectivity index (χ0) is 40.6. The average molecular weight is 776 g/mol. The minimum atomic E-state index is 0.462. The summed E-state index contributed by atoms with van der Waals surface area (Å²) in [6.07, 6.45) is 0. The highest BCUT2D eigenvalue weighted by molar-refractivity contribution is 6.26. The Balaban J connectivity index is 1.23. The van der Waals surface area contributed by atoms with Gasteiger partial charge in [0, 0.05) is 49.3 Å². The fraction of sp³-hybridized carbons (Fsp3) is 0. The molecule has 0 radical (unpaired) electrons. The molecule has 0 bridgehead atoms. The van der Waals surface area contributed by atoms with E-state index in [0.29, 0.717) is 11.1 Å². The molecule has 0 saturated heterocycles. The molecule has 5 heteroatoms. The Morgan fingerprint density at radius 1 is 0.344 bits per heavy atom. The molecule has 0 saturated carbocycles. The number of nitriles is 2. The average Bonchev–Trinajstić information content (AvgIpc) is 3.97. The van der Waals surface area contributed by atoms with Crippen LogP contribution < -0.4 is 0 Å². The summed E-state index contributed by atoms with van der Waals surface area (Å²) < 4.78 is 7.23. The molecule has 0 N–H and O–H groups in total. The molecule has 5 nitrogen and oxygen atoms in total. The molecule has 0 fully saturated rings. The van der Waals surface area contributed by atoms with Gasteiger partial charge in [0.25, 0.3) is 0 Å². The van der Waals surface area contributed by atoms with Crippen molar-refractivity contribution in [2.75, 3.05) is 0 Å². The van der Waals surface area contributed by atoms with E-state index in [1.807, 2.05) is 12.1 Å². The summed E-state index contributed by atoms with van der Waals surface area (Å²) in [5.74, 6) is 0. The third-order valence-electron chi connectivity index (χ3n) is 12.3. The van der Waals surface area contributed by atoms with E-state index < -0.39 is 0 Å². The first-order chi connectivity index (χ1) is 30.2. The number of benzene rings is 9. The van der Waals surface area contributed by atoms with Crippen LogP contribution in [0.4, 0.5) is 0 Å². The van der Waals surface area contributed by atoms with E-state index in [0.717, 1.165) is 72.2 Å². The van der Waals surface area contributed by atoms with Crippen LogP contribution in [0.25, 0.3) is 105 Å². The lowest BCUT2D eigenvalue weighted by atomic mass is 9.94. The molecule has 61 heavy (non-hydrogen) atoms. The molecule has 282 valence electrons. The number of fused-ring (bicyclic) bond motifs is 10. The van der Waals surface area contributed by atoms with E-state index in [9.17, 15) is 10.5 Å². The van der Waals surface area contributed by atoms with E-state index in [1.54, 1.807) is 12.1 Å². The van der Waals surface area contributed by atoms with Gasteiger partial charge in [0.15, 0.2) is 0 Å². The first-order valence-electron chi connectivity index (χ1n) is 20.4. The molecular formula is C56H33N5. The minimum absolute atomic E-state index is 0.462. The monoisotopic (exact) mass is 775 g/mol. The summed E-state index contributed by atoms with van der Waals surface area (Å²) >= 11 is 0. The summed E-state index contributed by atoms with van der Waals surface area (Å²) in [4.78, 5) is 0. The molecule has 9 aromatic carbocycles. The highest BCUT2D eigenvalue weighted by Gasteiger charge is 2.24. The zero-order valence-electron chi connectivity index (χ0n) is 32.8. The standard InChI is InChI=1S/C56H33N5/c57-34-36-23-26-42(39(31-36)35-58)38-24-28-52(47(32-38)37-13-3-1-4-14-37)61-53-29-25-41(60-49-20-10-7-17-43(49)44-18-8-11-21-50(44)60)33-48(53)45-27-30-54-55(56(45)61)46-19-9-12-22-51(46)59(54)40-15-5-2-6-16-40/h1-33H. The maximum atomic E-state index is 10.2. The van der Waals surface area contributed by atoms with E-state index in [-0.39, 0.29) is 0 Å². The van der Waals surface area contributed by atoms with Gasteiger partial charge in [-0.15, -0.1) is 0 Å². The summed E-state index contributed by atoms with van der Waals surface area (Å²) in [5.41, 5.74) is 14.8. The highest BCUT2D eigenvalue weighted by Crippen LogP contribution is 2.45. The smallest absolute Gasteiger partial charge is 0.0998 e. The molecule has 0 unspecified atom stereocenters. The molecule has 0 aliphatic carbocycles. The first kappa shape index (κ1) is 34.4. The number of hydrogen-bond acceptors (Lipinski definition) is 2. The molecule has 0 amide bonds. The van der Waals surface area contributed by atoms with Crippen LogP contribution in [0.1, 0.15) is 11.1 Å². The van der Waals surface area contributed by atoms with Gasteiger partial charge in [-0.25, -0.2) is 0 Å². The van der Waals surface area contributed by atoms with Crippen LogP contribution in [0.3, 0.4) is 0 Å². The lowest BCUT2D eigenvalue weighted by molar-refractivity contribution is 1.17.